The van der Waals surface area contributed by atoms with Crippen molar-refractivity contribution in [3.8, 4) is 11.6 Å². The van der Waals surface area contributed by atoms with Gasteiger partial charge in [0.05, 0.1) is 12.2 Å². The molecule has 8 heteroatoms. The van der Waals surface area contributed by atoms with Crippen LogP contribution in [0.15, 0.2) is 47.1 Å². The Labute approximate surface area is 162 Å². The summed E-state index contributed by atoms with van der Waals surface area (Å²) in [4.78, 5) is 18.2. The minimum absolute atomic E-state index is 0.212. The van der Waals surface area contributed by atoms with Crippen molar-refractivity contribution >= 4 is 6.03 Å². The van der Waals surface area contributed by atoms with Crippen LogP contribution in [0.3, 0.4) is 0 Å². The number of carbonyl (C=O) groups excluding carboxylic acids is 1. The molecule has 0 fully saturated rings. The number of nitrogens with one attached hydrogen (secondary N) is 1. The normalized spacial score (nSPS) is 10.6. The van der Waals surface area contributed by atoms with Crippen LogP contribution in [0.2, 0.25) is 0 Å². The predicted molar refractivity (Wildman–Crippen MR) is 100 cm³/mol. The maximum absolute atomic E-state index is 13.4. The molecular weight excluding hydrogens is 363 g/mol. The fourth-order valence-corrected chi connectivity index (χ4v) is 2.64. The third-order valence-corrected chi connectivity index (χ3v) is 4.21. The second-order valence-corrected chi connectivity index (χ2v) is 6.34. The summed E-state index contributed by atoms with van der Waals surface area (Å²) >= 11 is 0. The summed E-state index contributed by atoms with van der Waals surface area (Å²) in [6.07, 6.45) is 1.57. The van der Waals surface area contributed by atoms with Gasteiger partial charge in [-0.2, -0.15) is 0 Å². The van der Waals surface area contributed by atoms with Gasteiger partial charge >= 0.3 is 6.03 Å². The molecule has 1 N–H and O–H groups in total. The van der Waals surface area contributed by atoms with Gasteiger partial charge in [0.25, 0.3) is 0 Å². The lowest BCUT2D eigenvalue weighted by Gasteiger charge is -2.18. The van der Waals surface area contributed by atoms with Gasteiger partial charge in [0.15, 0.2) is 0 Å². The number of urea groups is 1. The fourth-order valence-electron chi connectivity index (χ4n) is 2.64. The average Bonchev–Trinajstić information content (AvgIpc) is 2.99. The molecule has 0 radical (unpaired) electrons. The smallest absolute Gasteiger partial charge is 0.317 e. The predicted octanol–water partition coefficient (Wildman–Crippen LogP) is 3.96. The Morgan fingerprint density at radius 3 is 2.82 bits per heavy atom. The Bertz CT molecular complexity index is 954. The molecule has 2 amide bonds. The van der Waals surface area contributed by atoms with Crippen molar-refractivity contribution < 1.29 is 18.4 Å². The molecule has 0 saturated heterocycles. The number of aryl methyl sites for hydroxylation is 2. The number of pyridine rings is 1. The molecule has 28 heavy (non-hydrogen) atoms. The Hall–Kier alpha value is -3.42. The number of hydrogen-bond acceptors (Lipinski definition) is 5. The standard InChI is InChI=1S/C20H21FN4O3/c1-13-18(14(2)28-24-13)12-25(3)20(26)23-11-15-6-5-9-22-19(15)27-17-8-4-7-16(21)10-17/h4-10H,11-12H2,1-3H3,(H,23,26). The number of ether oxygens (including phenoxy) is 1. The molecule has 0 bridgehead atoms. The van der Waals surface area contributed by atoms with Crippen molar-refractivity contribution in [2.75, 3.05) is 7.05 Å². The minimum Gasteiger partial charge on any atom is -0.439 e. The van der Waals surface area contributed by atoms with Gasteiger partial charge in [-0.05, 0) is 32.0 Å². The Kier molecular flexibility index (Phi) is 5.88. The van der Waals surface area contributed by atoms with Crippen molar-refractivity contribution in [3.63, 3.8) is 0 Å². The topological polar surface area (TPSA) is 80.5 Å². The molecule has 0 saturated carbocycles. The van der Waals surface area contributed by atoms with E-state index >= 15 is 0 Å². The van der Waals surface area contributed by atoms with Crippen molar-refractivity contribution in [2.45, 2.75) is 26.9 Å². The van der Waals surface area contributed by atoms with Gasteiger partial charge in [0.1, 0.15) is 17.3 Å². The summed E-state index contributed by atoms with van der Waals surface area (Å²) in [7, 11) is 1.69. The summed E-state index contributed by atoms with van der Waals surface area (Å²) < 4.78 is 24.1. The largest absolute Gasteiger partial charge is 0.439 e. The van der Waals surface area contributed by atoms with E-state index in [-0.39, 0.29) is 12.6 Å². The third-order valence-electron chi connectivity index (χ3n) is 4.21. The van der Waals surface area contributed by atoms with Gasteiger partial charge in [0.2, 0.25) is 5.88 Å². The lowest BCUT2D eigenvalue weighted by molar-refractivity contribution is 0.206. The van der Waals surface area contributed by atoms with E-state index in [2.05, 4.69) is 15.5 Å². The van der Waals surface area contributed by atoms with Gasteiger partial charge in [0, 0.05) is 37.0 Å². The van der Waals surface area contributed by atoms with Crippen LogP contribution in [-0.4, -0.2) is 28.1 Å². The summed E-state index contributed by atoms with van der Waals surface area (Å²) in [6, 6.07) is 9.07. The van der Waals surface area contributed by atoms with Crippen LogP contribution in [0.1, 0.15) is 22.6 Å². The summed E-state index contributed by atoms with van der Waals surface area (Å²) in [5, 5.41) is 6.72. The van der Waals surface area contributed by atoms with Crippen LogP contribution in [0.4, 0.5) is 9.18 Å². The molecule has 0 aliphatic heterocycles. The molecule has 0 aliphatic rings. The zero-order chi connectivity index (χ0) is 20.1. The molecular formula is C20H21FN4O3. The summed E-state index contributed by atoms with van der Waals surface area (Å²) in [5.74, 6) is 0.933. The number of amides is 2. The van der Waals surface area contributed by atoms with E-state index in [0.717, 1.165) is 11.3 Å². The van der Waals surface area contributed by atoms with Gasteiger partial charge in [-0.15, -0.1) is 0 Å². The second-order valence-electron chi connectivity index (χ2n) is 6.34. The van der Waals surface area contributed by atoms with Crippen molar-refractivity contribution in [2.24, 2.45) is 0 Å². The van der Waals surface area contributed by atoms with Crippen molar-refractivity contribution in [1.29, 1.82) is 0 Å². The van der Waals surface area contributed by atoms with Crippen LogP contribution < -0.4 is 10.1 Å². The van der Waals surface area contributed by atoms with Crippen LogP contribution in [-0.2, 0) is 13.1 Å². The van der Waals surface area contributed by atoms with Gasteiger partial charge in [-0.1, -0.05) is 17.3 Å². The van der Waals surface area contributed by atoms with E-state index in [4.69, 9.17) is 9.26 Å². The molecule has 7 nitrogen and oxygen atoms in total. The van der Waals surface area contributed by atoms with E-state index in [1.165, 1.54) is 17.0 Å². The molecule has 0 atom stereocenters. The summed E-state index contributed by atoms with van der Waals surface area (Å²) in [5.41, 5.74) is 2.31. The highest BCUT2D eigenvalue weighted by molar-refractivity contribution is 5.74. The quantitative estimate of drug-likeness (QED) is 0.696. The highest BCUT2D eigenvalue weighted by Gasteiger charge is 2.16. The van der Waals surface area contributed by atoms with Gasteiger partial charge < -0.3 is 19.5 Å². The molecule has 3 aromatic rings. The number of aromatic nitrogens is 2. The highest BCUT2D eigenvalue weighted by Crippen LogP contribution is 2.23. The Balaban J connectivity index is 1.63. The van der Waals surface area contributed by atoms with Crippen molar-refractivity contribution in [3.05, 3.63) is 71.0 Å². The van der Waals surface area contributed by atoms with Crippen LogP contribution >= 0.6 is 0 Å². The number of rotatable bonds is 6. The molecule has 2 aromatic heterocycles. The first-order valence-electron chi connectivity index (χ1n) is 8.72. The molecule has 1 aromatic carbocycles. The van der Waals surface area contributed by atoms with E-state index in [9.17, 15) is 9.18 Å². The zero-order valence-corrected chi connectivity index (χ0v) is 15.9. The number of hydrogen-bond donors (Lipinski definition) is 1. The van der Waals surface area contributed by atoms with E-state index in [0.29, 0.717) is 29.5 Å². The van der Waals surface area contributed by atoms with E-state index < -0.39 is 5.82 Å². The van der Waals surface area contributed by atoms with E-state index in [1.807, 2.05) is 13.8 Å². The lowest BCUT2D eigenvalue weighted by Crippen LogP contribution is -2.36. The molecule has 3 rings (SSSR count). The average molecular weight is 384 g/mol. The van der Waals surface area contributed by atoms with E-state index in [1.54, 1.807) is 37.5 Å². The van der Waals surface area contributed by atoms with Crippen LogP contribution in [0.5, 0.6) is 11.6 Å². The zero-order valence-electron chi connectivity index (χ0n) is 15.9. The molecule has 0 spiro atoms. The van der Waals surface area contributed by atoms with Crippen molar-refractivity contribution in [1.82, 2.24) is 20.4 Å². The fraction of sp³-hybridized carbons (Fsp3) is 0.250. The molecule has 146 valence electrons. The Morgan fingerprint density at radius 1 is 1.29 bits per heavy atom. The van der Waals surface area contributed by atoms with Crippen LogP contribution in [0, 0.1) is 19.7 Å². The van der Waals surface area contributed by atoms with Gasteiger partial charge in [-0.25, -0.2) is 14.2 Å². The Morgan fingerprint density at radius 2 is 2.11 bits per heavy atom. The summed E-state index contributed by atoms with van der Waals surface area (Å²) in [6.45, 7) is 4.24. The first-order chi connectivity index (χ1) is 13.4. The molecule has 0 unspecified atom stereocenters. The van der Waals surface area contributed by atoms with Crippen LogP contribution in [0.25, 0.3) is 0 Å². The molecule has 2 heterocycles. The van der Waals surface area contributed by atoms with Gasteiger partial charge in [-0.3, -0.25) is 0 Å². The first kappa shape index (κ1) is 19.3. The number of benzene rings is 1. The molecule has 0 aliphatic carbocycles. The maximum atomic E-state index is 13.4. The first-order valence-corrected chi connectivity index (χ1v) is 8.72. The number of nitrogens with zero attached hydrogens (tertiary/aromatic N) is 3. The highest BCUT2D eigenvalue weighted by atomic mass is 19.1. The second kappa shape index (κ2) is 8.51. The number of halogens is 1. The number of carbonyl (C=O) groups is 1. The SMILES string of the molecule is Cc1noc(C)c1CN(C)C(=O)NCc1cccnc1Oc1cccc(F)c1. The maximum Gasteiger partial charge on any atom is 0.317 e. The third kappa shape index (κ3) is 4.64. The lowest BCUT2D eigenvalue weighted by atomic mass is 10.2. The minimum atomic E-state index is -0.399. The monoisotopic (exact) mass is 384 g/mol.